The van der Waals surface area contributed by atoms with Crippen LogP contribution in [0.4, 0.5) is 0 Å². The van der Waals surface area contributed by atoms with E-state index in [4.69, 9.17) is 16.0 Å². The summed E-state index contributed by atoms with van der Waals surface area (Å²) in [6, 6.07) is 7.50. The average Bonchev–Trinajstić information content (AvgIpc) is 2.86. The van der Waals surface area contributed by atoms with Crippen LogP contribution >= 0.6 is 11.6 Å². The molecule has 1 fully saturated rings. The van der Waals surface area contributed by atoms with E-state index in [-0.39, 0.29) is 5.41 Å². The van der Waals surface area contributed by atoms with E-state index >= 15 is 0 Å². The Kier molecular flexibility index (Phi) is 2.07. The minimum atomic E-state index is -0.518. The first-order valence-electron chi connectivity index (χ1n) is 5.46. The van der Waals surface area contributed by atoms with Gasteiger partial charge in [0, 0.05) is 10.8 Å². The van der Waals surface area contributed by atoms with Gasteiger partial charge in [-0.1, -0.05) is 30.7 Å². The van der Waals surface area contributed by atoms with Gasteiger partial charge in [-0.05, 0) is 25.0 Å². The molecule has 1 aromatic carbocycles. The minimum Gasteiger partial charge on any atom is -0.457 e. The van der Waals surface area contributed by atoms with E-state index < -0.39 is 6.10 Å². The molecule has 0 spiro atoms. The first-order valence-corrected chi connectivity index (χ1v) is 5.84. The van der Waals surface area contributed by atoms with Gasteiger partial charge >= 0.3 is 0 Å². The molecule has 0 bridgehead atoms. The first-order chi connectivity index (χ1) is 7.60. The third-order valence-electron chi connectivity index (χ3n) is 3.48. The molecule has 1 aromatic heterocycles. The number of aliphatic hydroxyl groups excluding tert-OH is 1. The number of rotatable bonds is 2. The highest BCUT2D eigenvalue weighted by Crippen LogP contribution is 2.55. The van der Waals surface area contributed by atoms with Gasteiger partial charge in [0.15, 0.2) is 5.58 Å². The maximum absolute atomic E-state index is 10.2. The molecule has 16 heavy (non-hydrogen) atoms. The zero-order chi connectivity index (χ0) is 11.3. The van der Waals surface area contributed by atoms with Gasteiger partial charge in [-0.25, -0.2) is 0 Å². The Morgan fingerprint density at radius 2 is 2.19 bits per heavy atom. The number of halogens is 1. The molecule has 0 radical (unpaired) electrons. The van der Waals surface area contributed by atoms with Crippen LogP contribution in [0.3, 0.4) is 0 Å². The van der Waals surface area contributed by atoms with Crippen molar-refractivity contribution in [3.8, 4) is 0 Å². The van der Waals surface area contributed by atoms with Gasteiger partial charge in [0.05, 0.1) is 5.02 Å². The Hall–Kier alpha value is -0.990. The van der Waals surface area contributed by atoms with E-state index in [0.29, 0.717) is 16.4 Å². The highest BCUT2D eigenvalue weighted by Gasteiger charge is 2.46. The normalized spacial score (nSPS) is 19.9. The highest BCUT2D eigenvalue weighted by molar-refractivity contribution is 6.34. The average molecular weight is 237 g/mol. The third-order valence-corrected chi connectivity index (χ3v) is 3.78. The summed E-state index contributed by atoms with van der Waals surface area (Å²) < 4.78 is 5.65. The van der Waals surface area contributed by atoms with E-state index in [9.17, 15) is 5.11 Å². The number of hydrogen-bond donors (Lipinski definition) is 1. The molecule has 1 aliphatic rings. The molecule has 1 heterocycles. The molecule has 1 N–H and O–H groups in total. The van der Waals surface area contributed by atoms with Crippen molar-refractivity contribution in [2.24, 2.45) is 5.41 Å². The molecule has 0 saturated heterocycles. The van der Waals surface area contributed by atoms with Crippen molar-refractivity contribution in [2.75, 3.05) is 0 Å². The number of para-hydroxylation sites is 1. The molecule has 2 aromatic rings. The molecule has 1 saturated carbocycles. The summed E-state index contributed by atoms with van der Waals surface area (Å²) in [7, 11) is 0. The topological polar surface area (TPSA) is 33.4 Å². The largest absolute Gasteiger partial charge is 0.457 e. The van der Waals surface area contributed by atoms with Gasteiger partial charge in [0.1, 0.15) is 11.9 Å². The van der Waals surface area contributed by atoms with Crippen molar-refractivity contribution in [3.05, 3.63) is 35.0 Å². The fourth-order valence-electron chi connectivity index (χ4n) is 2.00. The van der Waals surface area contributed by atoms with E-state index in [1.54, 1.807) is 6.07 Å². The fraction of sp³-hybridized carbons (Fsp3) is 0.385. The summed E-state index contributed by atoms with van der Waals surface area (Å²) in [4.78, 5) is 0. The summed E-state index contributed by atoms with van der Waals surface area (Å²) in [6.45, 7) is 2.08. The first kappa shape index (κ1) is 10.2. The van der Waals surface area contributed by atoms with Crippen LogP contribution in [0, 0.1) is 5.41 Å². The standard InChI is InChI=1S/C13H13ClO2/c1-13(5-6-13)12(15)10-7-8-3-2-4-9(14)11(8)16-10/h2-4,7,12,15H,5-6H2,1H3. The van der Waals surface area contributed by atoms with Crippen LogP contribution in [0.1, 0.15) is 31.6 Å². The Balaban J connectivity index is 2.08. The number of aliphatic hydroxyl groups is 1. The van der Waals surface area contributed by atoms with Crippen LogP contribution in [0.15, 0.2) is 28.7 Å². The number of furan rings is 1. The number of benzene rings is 1. The zero-order valence-corrected chi connectivity index (χ0v) is 9.79. The van der Waals surface area contributed by atoms with Crippen LogP contribution in [-0.4, -0.2) is 5.11 Å². The summed E-state index contributed by atoms with van der Waals surface area (Å²) >= 11 is 6.03. The number of fused-ring (bicyclic) bond motifs is 1. The van der Waals surface area contributed by atoms with Gasteiger partial charge in [-0.3, -0.25) is 0 Å². The smallest absolute Gasteiger partial charge is 0.152 e. The second-order valence-electron chi connectivity index (χ2n) is 4.86. The van der Waals surface area contributed by atoms with Crippen LogP contribution < -0.4 is 0 Å². The Bertz CT molecular complexity index is 540. The van der Waals surface area contributed by atoms with E-state index in [1.165, 1.54) is 0 Å². The minimum absolute atomic E-state index is 0.000350. The van der Waals surface area contributed by atoms with Gasteiger partial charge in [0.2, 0.25) is 0 Å². The summed E-state index contributed by atoms with van der Waals surface area (Å²) in [6.07, 6.45) is 1.59. The van der Waals surface area contributed by atoms with Gasteiger partial charge < -0.3 is 9.52 Å². The molecule has 3 heteroatoms. The summed E-state index contributed by atoms with van der Waals surface area (Å²) in [5.74, 6) is 0.628. The van der Waals surface area contributed by atoms with Crippen LogP contribution in [0.2, 0.25) is 5.02 Å². The SMILES string of the molecule is CC1(C(O)c2cc3cccc(Cl)c3o2)CC1. The number of hydrogen-bond acceptors (Lipinski definition) is 2. The van der Waals surface area contributed by atoms with Crippen molar-refractivity contribution >= 4 is 22.6 Å². The van der Waals surface area contributed by atoms with E-state index in [2.05, 4.69) is 6.92 Å². The highest BCUT2D eigenvalue weighted by atomic mass is 35.5. The molecule has 0 aliphatic heterocycles. The molecule has 1 unspecified atom stereocenters. The third kappa shape index (κ3) is 1.45. The molecule has 1 aliphatic carbocycles. The van der Waals surface area contributed by atoms with Gasteiger partial charge in [0.25, 0.3) is 0 Å². The lowest BCUT2D eigenvalue weighted by Crippen LogP contribution is -2.08. The second kappa shape index (κ2) is 3.25. The van der Waals surface area contributed by atoms with Gasteiger partial charge in [-0.15, -0.1) is 0 Å². The zero-order valence-electron chi connectivity index (χ0n) is 9.03. The lowest BCUT2D eigenvalue weighted by atomic mass is 10.00. The predicted octanol–water partition coefficient (Wildman–Crippen LogP) is 3.92. The quantitative estimate of drug-likeness (QED) is 0.857. The van der Waals surface area contributed by atoms with E-state index in [0.717, 1.165) is 18.2 Å². The summed E-state index contributed by atoms with van der Waals surface area (Å²) in [5, 5.41) is 11.7. The lowest BCUT2D eigenvalue weighted by molar-refractivity contribution is 0.0827. The molecule has 1 atom stereocenters. The molecular formula is C13H13ClO2. The molecule has 0 amide bonds. The maximum Gasteiger partial charge on any atom is 0.152 e. The van der Waals surface area contributed by atoms with Crippen LogP contribution in [-0.2, 0) is 0 Å². The van der Waals surface area contributed by atoms with Crippen molar-refractivity contribution in [1.29, 1.82) is 0 Å². The van der Waals surface area contributed by atoms with Crippen molar-refractivity contribution < 1.29 is 9.52 Å². The van der Waals surface area contributed by atoms with Gasteiger partial charge in [-0.2, -0.15) is 0 Å². The van der Waals surface area contributed by atoms with Crippen molar-refractivity contribution in [2.45, 2.75) is 25.9 Å². The van der Waals surface area contributed by atoms with Crippen molar-refractivity contribution in [3.63, 3.8) is 0 Å². The van der Waals surface area contributed by atoms with Crippen LogP contribution in [0.25, 0.3) is 11.0 Å². The Morgan fingerprint density at radius 1 is 1.44 bits per heavy atom. The maximum atomic E-state index is 10.2. The summed E-state index contributed by atoms with van der Waals surface area (Å²) in [5.41, 5.74) is 0.669. The fourth-order valence-corrected chi connectivity index (χ4v) is 2.22. The monoisotopic (exact) mass is 236 g/mol. The molecular weight excluding hydrogens is 224 g/mol. The Morgan fingerprint density at radius 3 is 2.81 bits per heavy atom. The van der Waals surface area contributed by atoms with Crippen molar-refractivity contribution in [1.82, 2.24) is 0 Å². The predicted molar refractivity (Wildman–Crippen MR) is 63.5 cm³/mol. The molecule has 3 rings (SSSR count). The Labute approximate surface area is 98.8 Å². The second-order valence-corrected chi connectivity index (χ2v) is 5.27. The van der Waals surface area contributed by atoms with Crippen LogP contribution in [0.5, 0.6) is 0 Å². The molecule has 2 nitrogen and oxygen atoms in total. The van der Waals surface area contributed by atoms with E-state index in [1.807, 2.05) is 18.2 Å². The lowest BCUT2D eigenvalue weighted by Gasteiger charge is -2.14. The molecule has 84 valence electrons.